The first kappa shape index (κ1) is 33.3. The molecular formula is C39H48N2O5. The van der Waals surface area contributed by atoms with Gasteiger partial charge in [0.15, 0.2) is 0 Å². The molecule has 1 saturated heterocycles. The molecule has 1 heterocycles. The molecule has 1 amide bonds. The van der Waals surface area contributed by atoms with Crippen LogP contribution in [0.15, 0.2) is 79.4 Å². The number of carbonyl (C=O) groups is 2. The van der Waals surface area contributed by atoms with Gasteiger partial charge in [-0.05, 0) is 74.1 Å². The standard InChI is InChI=1S/C39H48N2O5/c1-27(2)21-35(39(43)46-32-17-11-12-18-32)40-31-19-20-41(24-31)38(42)34-22-33(28(3)4)36(44-25-29-13-7-5-8-14-29)23-37(34)45-26-30-15-9-6-10-16-30/h5-10,13-16,22-23,27,31-32,35,40H,3,11-12,17-21,24-26H2,1-2,4H3. The van der Waals surface area contributed by atoms with Crippen LogP contribution in [-0.4, -0.2) is 48.1 Å². The lowest BCUT2D eigenvalue weighted by molar-refractivity contribution is -0.152. The summed E-state index contributed by atoms with van der Waals surface area (Å²) in [6.07, 6.45) is 5.60. The minimum Gasteiger partial charge on any atom is -0.488 e. The van der Waals surface area contributed by atoms with Gasteiger partial charge in [-0.25, -0.2) is 0 Å². The molecule has 1 aliphatic heterocycles. The third-order valence-electron chi connectivity index (χ3n) is 8.74. The number of benzene rings is 3. The van der Waals surface area contributed by atoms with Crippen LogP contribution in [0, 0.1) is 5.92 Å². The maximum absolute atomic E-state index is 14.2. The molecule has 2 unspecified atom stereocenters. The van der Waals surface area contributed by atoms with Crippen LogP contribution in [0.2, 0.25) is 0 Å². The van der Waals surface area contributed by atoms with Crippen LogP contribution >= 0.6 is 0 Å². The number of ether oxygens (including phenoxy) is 3. The van der Waals surface area contributed by atoms with Gasteiger partial charge in [-0.1, -0.05) is 81.1 Å². The number of rotatable bonds is 14. The van der Waals surface area contributed by atoms with Gasteiger partial charge in [0.05, 0.1) is 5.56 Å². The van der Waals surface area contributed by atoms with Crippen LogP contribution in [0.5, 0.6) is 11.5 Å². The molecule has 2 atom stereocenters. The Hall–Kier alpha value is -4.10. The van der Waals surface area contributed by atoms with Gasteiger partial charge in [-0.3, -0.25) is 14.9 Å². The van der Waals surface area contributed by atoms with Crippen molar-refractivity contribution in [2.75, 3.05) is 13.1 Å². The van der Waals surface area contributed by atoms with Crippen molar-refractivity contribution < 1.29 is 23.8 Å². The Kier molecular flexibility index (Phi) is 11.5. The average molecular weight is 625 g/mol. The molecule has 46 heavy (non-hydrogen) atoms. The van der Waals surface area contributed by atoms with Crippen LogP contribution in [-0.2, 0) is 22.7 Å². The minimum atomic E-state index is -0.388. The molecule has 0 aromatic heterocycles. The minimum absolute atomic E-state index is 0.00777. The summed E-state index contributed by atoms with van der Waals surface area (Å²) in [5.74, 6) is 1.14. The van der Waals surface area contributed by atoms with Crippen molar-refractivity contribution >= 4 is 17.4 Å². The quantitative estimate of drug-likeness (QED) is 0.186. The normalized spacial score (nSPS) is 17.2. The third-order valence-corrected chi connectivity index (χ3v) is 8.74. The molecule has 244 valence electrons. The number of hydrogen-bond acceptors (Lipinski definition) is 6. The molecule has 7 heteroatoms. The first-order valence-electron chi connectivity index (χ1n) is 16.7. The Bertz CT molecular complexity index is 1470. The van der Waals surface area contributed by atoms with E-state index in [1.165, 1.54) is 0 Å². The second-order valence-electron chi connectivity index (χ2n) is 13.1. The van der Waals surface area contributed by atoms with E-state index in [9.17, 15) is 9.59 Å². The highest BCUT2D eigenvalue weighted by Crippen LogP contribution is 2.35. The lowest BCUT2D eigenvalue weighted by Crippen LogP contribution is -2.47. The summed E-state index contributed by atoms with van der Waals surface area (Å²) in [7, 11) is 0. The van der Waals surface area contributed by atoms with Crippen LogP contribution in [0.1, 0.15) is 86.3 Å². The largest absolute Gasteiger partial charge is 0.488 e. The van der Waals surface area contributed by atoms with Crippen molar-refractivity contribution in [1.29, 1.82) is 0 Å². The van der Waals surface area contributed by atoms with Crippen LogP contribution < -0.4 is 14.8 Å². The predicted molar refractivity (Wildman–Crippen MR) is 182 cm³/mol. The molecule has 1 aliphatic carbocycles. The Labute approximate surface area is 273 Å². The van der Waals surface area contributed by atoms with E-state index in [1.807, 2.05) is 84.6 Å². The van der Waals surface area contributed by atoms with Crippen molar-refractivity contribution in [3.63, 3.8) is 0 Å². The Balaban J connectivity index is 1.34. The Morgan fingerprint density at radius 3 is 2.02 bits per heavy atom. The smallest absolute Gasteiger partial charge is 0.323 e. The van der Waals surface area contributed by atoms with E-state index in [0.717, 1.165) is 54.4 Å². The van der Waals surface area contributed by atoms with Crippen molar-refractivity contribution in [2.24, 2.45) is 5.92 Å². The third kappa shape index (κ3) is 9.00. The molecule has 1 saturated carbocycles. The van der Waals surface area contributed by atoms with Crippen LogP contribution in [0.4, 0.5) is 0 Å². The van der Waals surface area contributed by atoms with Crippen molar-refractivity contribution in [3.8, 4) is 11.5 Å². The molecule has 0 radical (unpaired) electrons. The summed E-state index contributed by atoms with van der Waals surface area (Å²) >= 11 is 0. The van der Waals surface area contributed by atoms with Gasteiger partial charge >= 0.3 is 5.97 Å². The number of nitrogens with one attached hydrogen (secondary N) is 1. The fraction of sp³-hybridized carbons (Fsp3) is 0.436. The molecule has 3 aromatic carbocycles. The van der Waals surface area contributed by atoms with E-state index in [2.05, 4.69) is 25.7 Å². The zero-order valence-corrected chi connectivity index (χ0v) is 27.5. The van der Waals surface area contributed by atoms with Gasteiger partial charge in [-0.15, -0.1) is 0 Å². The summed E-state index contributed by atoms with van der Waals surface area (Å²) in [6, 6.07) is 23.2. The Morgan fingerprint density at radius 2 is 1.46 bits per heavy atom. The van der Waals surface area contributed by atoms with E-state index < -0.39 is 0 Å². The van der Waals surface area contributed by atoms with Crippen LogP contribution in [0.3, 0.4) is 0 Å². The van der Waals surface area contributed by atoms with E-state index in [4.69, 9.17) is 14.2 Å². The molecule has 7 nitrogen and oxygen atoms in total. The lowest BCUT2D eigenvalue weighted by Gasteiger charge is -2.25. The molecule has 0 spiro atoms. The SMILES string of the molecule is C=C(C)c1cc(C(=O)N2CCC(NC(CC(C)C)C(=O)OC3CCCC3)C2)c(OCc2ccccc2)cc1OCc1ccccc1. The van der Waals surface area contributed by atoms with E-state index >= 15 is 0 Å². The molecule has 2 fully saturated rings. The molecule has 0 bridgehead atoms. The van der Waals surface area contributed by atoms with Crippen LogP contribution in [0.25, 0.3) is 5.57 Å². The van der Waals surface area contributed by atoms with Gasteiger partial charge in [0.1, 0.15) is 36.9 Å². The maximum Gasteiger partial charge on any atom is 0.323 e. The molecule has 5 rings (SSSR count). The molecule has 3 aromatic rings. The highest BCUT2D eigenvalue weighted by atomic mass is 16.5. The number of carbonyl (C=O) groups excluding carboxylic acids is 2. The topological polar surface area (TPSA) is 77.1 Å². The van der Waals surface area contributed by atoms with Gasteiger partial charge in [0, 0.05) is 30.8 Å². The second-order valence-corrected chi connectivity index (χ2v) is 13.1. The zero-order chi connectivity index (χ0) is 32.5. The number of amides is 1. The zero-order valence-electron chi connectivity index (χ0n) is 27.5. The van der Waals surface area contributed by atoms with Crippen molar-refractivity contribution in [2.45, 2.75) is 90.7 Å². The number of allylic oxidation sites excluding steroid dienone is 1. The van der Waals surface area contributed by atoms with Crippen molar-refractivity contribution in [3.05, 3.63) is 102 Å². The summed E-state index contributed by atoms with van der Waals surface area (Å²) in [6.45, 7) is 12.1. The van der Waals surface area contributed by atoms with E-state index in [0.29, 0.717) is 55.7 Å². The lowest BCUT2D eigenvalue weighted by atomic mass is 10.0. The Morgan fingerprint density at radius 1 is 0.870 bits per heavy atom. The highest BCUT2D eigenvalue weighted by Gasteiger charge is 2.34. The fourth-order valence-corrected chi connectivity index (χ4v) is 6.26. The molecule has 2 aliphatic rings. The number of nitrogens with zero attached hydrogens (tertiary/aromatic N) is 1. The highest BCUT2D eigenvalue weighted by molar-refractivity contribution is 5.98. The predicted octanol–water partition coefficient (Wildman–Crippen LogP) is 7.58. The number of esters is 1. The summed E-state index contributed by atoms with van der Waals surface area (Å²) in [5.41, 5.74) is 4.08. The average Bonchev–Trinajstić information content (AvgIpc) is 3.75. The summed E-state index contributed by atoms with van der Waals surface area (Å²) in [4.78, 5) is 29.2. The fourth-order valence-electron chi connectivity index (χ4n) is 6.26. The monoisotopic (exact) mass is 624 g/mol. The van der Waals surface area contributed by atoms with E-state index in [1.54, 1.807) is 0 Å². The van der Waals surface area contributed by atoms with Crippen molar-refractivity contribution in [1.82, 2.24) is 10.2 Å². The summed E-state index contributed by atoms with van der Waals surface area (Å²) < 4.78 is 18.5. The van der Waals surface area contributed by atoms with Gasteiger partial charge < -0.3 is 19.1 Å². The number of likely N-dealkylation sites (tertiary alicyclic amines) is 1. The molecular weight excluding hydrogens is 576 g/mol. The number of hydrogen-bond donors (Lipinski definition) is 1. The van der Waals surface area contributed by atoms with Gasteiger partial charge in [0.25, 0.3) is 5.91 Å². The van der Waals surface area contributed by atoms with Gasteiger partial charge in [0.2, 0.25) is 0 Å². The van der Waals surface area contributed by atoms with Gasteiger partial charge in [-0.2, -0.15) is 0 Å². The first-order valence-corrected chi connectivity index (χ1v) is 16.7. The van der Waals surface area contributed by atoms with E-state index in [-0.39, 0.29) is 30.1 Å². The molecule has 1 N–H and O–H groups in total. The second kappa shape index (κ2) is 15.9. The first-order chi connectivity index (χ1) is 22.3. The maximum atomic E-state index is 14.2. The summed E-state index contributed by atoms with van der Waals surface area (Å²) in [5, 5.41) is 3.56.